The van der Waals surface area contributed by atoms with Gasteiger partial charge in [0, 0.05) is 24.4 Å². The molecule has 2 aliphatic carbocycles. The molecule has 2 fully saturated rings. The van der Waals surface area contributed by atoms with Crippen molar-refractivity contribution in [2.75, 3.05) is 13.1 Å². The smallest absolute Gasteiger partial charge is 0.255 e. The molecule has 2 unspecified atom stereocenters. The van der Waals surface area contributed by atoms with E-state index in [2.05, 4.69) is 5.32 Å². The van der Waals surface area contributed by atoms with E-state index in [1.807, 2.05) is 13.8 Å². The molecule has 3 atom stereocenters. The van der Waals surface area contributed by atoms with E-state index < -0.39 is 19.0 Å². The van der Waals surface area contributed by atoms with E-state index in [9.17, 15) is 18.4 Å². The topological polar surface area (TPSA) is 49.4 Å². The first-order valence-corrected chi connectivity index (χ1v) is 8.67. The van der Waals surface area contributed by atoms with E-state index in [0.717, 1.165) is 25.7 Å². The van der Waals surface area contributed by atoms with Crippen LogP contribution in [0.5, 0.6) is 0 Å². The van der Waals surface area contributed by atoms with E-state index >= 15 is 0 Å². The quantitative estimate of drug-likeness (QED) is 0.707. The number of hydrogen-bond donors (Lipinski definition) is 1. The van der Waals surface area contributed by atoms with Crippen LogP contribution in [0.15, 0.2) is 0 Å². The monoisotopic (exact) mass is 330 g/mol. The molecule has 4 nitrogen and oxygen atoms in total. The van der Waals surface area contributed by atoms with Gasteiger partial charge in [0.2, 0.25) is 11.8 Å². The third kappa shape index (κ3) is 5.15. The van der Waals surface area contributed by atoms with Crippen molar-refractivity contribution < 1.29 is 18.4 Å². The maximum absolute atomic E-state index is 12.8. The van der Waals surface area contributed by atoms with Gasteiger partial charge in [-0.25, -0.2) is 8.78 Å². The third-order valence-electron chi connectivity index (χ3n) is 5.18. The minimum Gasteiger partial charge on any atom is -0.354 e. The first kappa shape index (κ1) is 18.1. The molecule has 23 heavy (non-hydrogen) atoms. The fourth-order valence-corrected chi connectivity index (χ4v) is 3.03. The highest BCUT2D eigenvalue weighted by atomic mass is 19.3. The Bertz CT molecular complexity index is 436. The van der Waals surface area contributed by atoms with Crippen molar-refractivity contribution in [3.63, 3.8) is 0 Å². The van der Waals surface area contributed by atoms with Gasteiger partial charge in [0.05, 0.1) is 6.54 Å². The zero-order chi connectivity index (χ0) is 17.1. The normalized spacial score (nSPS) is 21.7. The van der Waals surface area contributed by atoms with Crippen LogP contribution in [0.4, 0.5) is 8.78 Å². The lowest BCUT2D eigenvalue weighted by atomic mass is 10.0. The lowest BCUT2D eigenvalue weighted by Crippen LogP contribution is -2.49. The molecule has 0 saturated heterocycles. The molecule has 0 aromatic rings. The number of hydrogen-bond acceptors (Lipinski definition) is 2. The molecule has 0 aromatic carbocycles. The van der Waals surface area contributed by atoms with E-state index in [4.69, 9.17) is 0 Å². The molecule has 0 heterocycles. The maximum atomic E-state index is 12.8. The highest BCUT2D eigenvalue weighted by Gasteiger charge is 2.37. The first-order valence-electron chi connectivity index (χ1n) is 8.67. The van der Waals surface area contributed by atoms with Gasteiger partial charge in [-0.3, -0.25) is 9.59 Å². The van der Waals surface area contributed by atoms with Crippen LogP contribution < -0.4 is 5.32 Å². The SMILES string of the molecule is CC(C(=O)NC[C@H](C)N(CC(F)F)C(=O)C(C)C1CC1)C1CC1. The zero-order valence-corrected chi connectivity index (χ0v) is 14.2. The van der Waals surface area contributed by atoms with Gasteiger partial charge >= 0.3 is 0 Å². The molecule has 2 saturated carbocycles. The van der Waals surface area contributed by atoms with Crippen molar-refractivity contribution in [3.8, 4) is 0 Å². The fourth-order valence-electron chi connectivity index (χ4n) is 3.03. The van der Waals surface area contributed by atoms with Crippen molar-refractivity contribution in [1.82, 2.24) is 10.2 Å². The largest absolute Gasteiger partial charge is 0.354 e. The molecule has 2 rings (SSSR count). The van der Waals surface area contributed by atoms with Gasteiger partial charge in [0.25, 0.3) is 6.43 Å². The van der Waals surface area contributed by atoms with Crippen molar-refractivity contribution in [3.05, 3.63) is 0 Å². The number of carbonyl (C=O) groups is 2. The predicted molar refractivity (Wildman–Crippen MR) is 84.0 cm³/mol. The zero-order valence-electron chi connectivity index (χ0n) is 14.2. The number of halogens is 2. The van der Waals surface area contributed by atoms with Crippen LogP contribution in [-0.4, -0.2) is 42.3 Å². The van der Waals surface area contributed by atoms with Gasteiger partial charge in [0.15, 0.2) is 0 Å². The van der Waals surface area contributed by atoms with Crippen LogP contribution in [0, 0.1) is 23.7 Å². The first-order chi connectivity index (χ1) is 10.8. The average molecular weight is 330 g/mol. The molecule has 2 aliphatic rings. The van der Waals surface area contributed by atoms with E-state index in [1.165, 1.54) is 4.90 Å². The summed E-state index contributed by atoms with van der Waals surface area (Å²) in [5.41, 5.74) is 0. The second-order valence-corrected chi connectivity index (χ2v) is 7.23. The number of nitrogens with one attached hydrogen (secondary N) is 1. The molecule has 6 heteroatoms. The summed E-state index contributed by atoms with van der Waals surface area (Å²) in [5, 5.41) is 2.82. The van der Waals surface area contributed by atoms with E-state index in [0.29, 0.717) is 11.8 Å². The fraction of sp³-hybridized carbons (Fsp3) is 0.882. The number of amides is 2. The lowest BCUT2D eigenvalue weighted by Gasteiger charge is -2.32. The van der Waals surface area contributed by atoms with Crippen molar-refractivity contribution in [2.24, 2.45) is 23.7 Å². The Morgan fingerprint density at radius 3 is 2.04 bits per heavy atom. The second kappa shape index (κ2) is 7.58. The average Bonchev–Trinajstić information content (AvgIpc) is 3.39. The van der Waals surface area contributed by atoms with Crippen LogP contribution in [0.3, 0.4) is 0 Å². The van der Waals surface area contributed by atoms with Gasteiger partial charge in [-0.15, -0.1) is 0 Å². The van der Waals surface area contributed by atoms with E-state index in [-0.39, 0.29) is 30.2 Å². The molecule has 0 radical (unpaired) electrons. The Kier molecular flexibility index (Phi) is 5.98. The summed E-state index contributed by atoms with van der Waals surface area (Å²) in [7, 11) is 0. The Hall–Kier alpha value is -1.20. The molecular formula is C17H28F2N2O2. The Morgan fingerprint density at radius 1 is 1.04 bits per heavy atom. The second-order valence-electron chi connectivity index (χ2n) is 7.23. The van der Waals surface area contributed by atoms with Crippen LogP contribution in [-0.2, 0) is 9.59 Å². The number of alkyl halides is 2. The number of nitrogens with zero attached hydrogens (tertiary/aromatic N) is 1. The third-order valence-corrected chi connectivity index (χ3v) is 5.18. The number of rotatable bonds is 9. The minimum absolute atomic E-state index is 0.0353. The summed E-state index contributed by atoms with van der Waals surface area (Å²) >= 11 is 0. The van der Waals surface area contributed by atoms with Gasteiger partial charge < -0.3 is 10.2 Å². The maximum Gasteiger partial charge on any atom is 0.255 e. The summed E-state index contributed by atoms with van der Waals surface area (Å²) in [6, 6.07) is -0.423. The summed E-state index contributed by atoms with van der Waals surface area (Å²) in [5.74, 6) is 0.284. The van der Waals surface area contributed by atoms with Gasteiger partial charge in [-0.2, -0.15) is 0 Å². The molecule has 132 valence electrons. The highest BCUT2D eigenvalue weighted by Crippen LogP contribution is 2.38. The van der Waals surface area contributed by atoms with Crippen molar-refractivity contribution >= 4 is 11.8 Å². The molecule has 1 N–H and O–H groups in total. The summed E-state index contributed by atoms with van der Waals surface area (Å²) in [6.07, 6.45) is 1.60. The molecule has 0 aromatic heterocycles. The molecule has 0 spiro atoms. The molecule has 2 amide bonds. The standard InChI is InChI=1S/C17H28F2N2O2/c1-10(8-20-16(22)11(2)13-4-5-13)21(9-15(18)19)17(23)12(3)14-6-7-14/h10-15H,4-9H2,1-3H3,(H,20,22)/t10-,11?,12?/m0/s1. The van der Waals surface area contributed by atoms with Crippen LogP contribution in [0.2, 0.25) is 0 Å². The Labute approximate surface area is 137 Å². The molecule has 0 bridgehead atoms. The van der Waals surface area contributed by atoms with Gasteiger partial charge in [0.1, 0.15) is 0 Å². The van der Waals surface area contributed by atoms with Crippen molar-refractivity contribution in [2.45, 2.75) is 58.9 Å². The van der Waals surface area contributed by atoms with Crippen LogP contribution >= 0.6 is 0 Å². The minimum atomic E-state index is -2.56. The highest BCUT2D eigenvalue weighted by molar-refractivity contribution is 5.80. The molecular weight excluding hydrogens is 302 g/mol. The van der Waals surface area contributed by atoms with Gasteiger partial charge in [-0.05, 0) is 44.4 Å². The van der Waals surface area contributed by atoms with E-state index in [1.54, 1.807) is 6.92 Å². The Balaban J connectivity index is 1.88. The van der Waals surface area contributed by atoms with Crippen molar-refractivity contribution in [1.29, 1.82) is 0 Å². The Morgan fingerprint density at radius 2 is 1.57 bits per heavy atom. The lowest BCUT2D eigenvalue weighted by molar-refractivity contribution is -0.140. The molecule has 0 aliphatic heterocycles. The van der Waals surface area contributed by atoms with Gasteiger partial charge in [-0.1, -0.05) is 13.8 Å². The summed E-state index contributed by atoms with van der Waals surface area (Å²) in [4.78, 5) is 25.8. The summed E-state index contributed by atoms with van der Waals surface area (Å²) in [6.45, 7) is 5.10. The van der Waals surface area contributed by atoms with Crippen LogP contribution in [0.25, 0.3) is 0 Å². The summed E-state index contributed by atoms with van der Waals surface area (Å²) < 4.78 is 25.7. The predicted octanol–water partition coefficient (Wildman–Crippen LogP) is 2.68. The number of carbonyl (C=O) groups excluding carboxylic acids is 2. The van der Waals surface area contributed by atoms with Crippen LogP contribution in [0.1, 0.15) is 46.5 Å².